The van der Waals surface area contributed by atoms with Crippen molar-refractivity contribution in [3.8, 4) is 5.75 Å². The highest BCUT2D eigenvalue weighted by molar-refractivity contribution is 9.10. The molecule has 0 aliphatic carbocycles. The van der Waals surface area contributed by atoms with Gasteiger partial charge in [0, 0.05) is 10.0 Å². The maximum absolute atomic E-state index is 11.9. The molecular weight excluding hydrogens is 316 g/mol. The number of carbonyl (C=O) groups is 1. The maximum atomic E-state index is 11.9. The summed E-state index contributed by atoms with van der Waals surface area (Å²) in [4.78, 5) is 11.9. The zero-order valence-corrected chi connectivity index (χ0v) is 11.7. The summed E-state index contributed by atoms with van der Waals surface area (Å²) in [6, 6.07) is 14.3. The van der Waals surface area contributed by atoms with E-state index in [4.69, 9.17) is 16.3 Å². The Hall–Kier alpha value is -1.32. The van der Waals surface area contributed by atoms with E-state index in [0.29, 0.717) is 16.3 Å². The molecule has 0 aromatic heterocycles. The number of hydrogen-bond donors (Lipinski definition) is 0. The molecule has 2 rings (SSSR count). The molecule has 2 nitrogen and oxygen atoms in total. The van der Waals surface area contributed by atoms with Crippen LogP contribution < -0.4 is 4.74 Å². The van der Waals surface area contributed by atoms with Crippen molar-refractivity contribution < 1.29 is 9.53 Å². The van der Waals surface area contributed by atoms with E-state index in [1.54, 1.807) is 18.2 Å². The molecule has 18 heavy (non-hydrogen) atoms. The Morgan fingerprint density at radius 1 is 1.17 bits per heavy atom. The van der Waals surface area contributed by atoms with Crippen LogP contribution in [0.15, 0.2) is 53.0 Å². The lowest BCUT2D eigenvalue weighted by Crippen LogP contribution is -2.11. The monoisotopic (exact) mass is 324 g/mol. The number of Topliss-reactive ketones (excluding diaryl/α,β-unsaturated/α-hetero) is 1. The van der Waals surface area contributed by atoms with Crippen LogP contribution in [0, 0.1) is 0 Å². The van der Waals surface area contributed by atoms with Crippen molar-refractivity contribution in [3.63, 3.8) is 0 Å². The summed E-state index contributed by atoms with van der Waals surface area (Å²) in [6.45, 7) is 0.00196. The summed E-state index contributed by atoms with van der Waals surface area (Å²) in [7, 11) is 0. The summed E-state index contributed by atoms with van der Waals surface area (Å²) in [5.74, 6) is 0.572. The fourth-order valence-corrected chi connectivity index (χ4v) is 1.85. The van der Waals surface area contributed by atoms with Gasteiger partial charge in [0.05, 0.1) is 5.02 Å². The Bertz CT molecular complexity index is 555. The molecule has 0 fully saturated rings. The van der Waals surface area contributed by atoms with Gasteiger partial charge in [0.1, 0.15) is 5.75 Å². The fourth-order valence-electron chi connectivity index (χ4n) is 1.42. The number of rotatable bonds is 4. The molecule has 2 aromatic carbocycles. The lowest BCUT2D eigenvalue weighted by molar-refractivity contribution is 0.0921. The van der Waals surface area contributed by atoms with Gasteiger partial charge in [0.2, 0.25) is 0 Å². The smallest absolute Gasteiger partial charge is 0.200 e. The zero-order valence-electron chi connectivity index (χ0n) is 9.40. The lowest BCUT2D eigenvalue weighted by Gasteiger charge is -2.06. The van der Waals surface area contributed by atoms with Crippen LogP contribution in [0.25, 0.3) is 0 Å². The van der Waals surface area contributed by atoms with Gasteiger partial charge in [-0.05, 0) is 40.2 Å². The predicted octanol–water partition coefficient (Wildman–Crippen LogP) is 4.36. The first-order valence-corrected chi connectivity index (χ1v) is 6.50. The van der Waals surface area contributed by atoms with Crippen molar-refractivity contribution in [2.75, 3.05) is 6.61 Å². The third-order valence-corrected chi connectivity index (χ3v) is 3.59. The van der Waals surface area contributed by atoms with Crippen LogP contribution in [0.5, 0.6) is 5.75 Å². The van der Waals surface area contributed by atoms with Gasteiger partial charge >= 0.3 is 0 Å². The summed E-state index contributed by atoms with van der Waals surface area (Å²) in [5, 5.41) is 0.514. The van der Waals surface area contributed by atoms with Crippen LogP contribution in [0.2, 0.25) is 5.02 Å². The molecule has 0 radical (unpaired) electrons. The van der Waals surface area contributed by atoms with Gasteiger partial charge in [0.25, 0.3) is 0 Å². The molecule has 0 aliphatic heterocycles. The second kappa shape index (κ2) is 6.03. The lowest BCUT2D eigenvalue weighted by atomic mass is 10.1. The summed E-state index contributed by atoms with van der Waals surface area (Å²) >= 11 is 9.21. The van der Waals surface area contributed by atoms with Crippen molar-refractivity contribution in [1.29, 1.82) is 0 Å². The normalized spacial score (nSPS) is 10.1. The quantitative estimate of drug-likeness (QED) is 0.781. The van der Waals surface area contributed by atoms with Crippen LogP contribution in [0.1, 0.15) is 10.4 Å². The van der Waals surface area contributed by atoms with E-state index >= 15 is 0 Å². The summed E-state index contributed by atoms with van der Waals surface area (Å²) in [6.07, 6.45) is 0. The number of ketones is 1. The van der Waals surface area contributed by atoms with Crippen molar-refractivity contribution in [3.05, 3.63) is 63.6 Å². The number of para-hydroxylation sites is 1. The van der Waals surface area contributed by atoms with Crippen molar-refractivity contribution in [1.82, 2.24) is 0 Å². The standard InChI is InChI=1S/C14H10BrClO2/c15-12-7-6-10(8-13(12)16)14(17)9-18-11-4-2-1-3-5-11/h1-8H,9H2. The van der Waals surface area contributed by atoms with E-state index in [-0.39, 0.29) is 12.4 Å². The van der Waals surface area contributed by atoms with E-state index < -0.39 is 0 Å². The summed E-state index contributed by atoms with van der Waals surface area (Å²) in [5.41, 5.74) is 0.541. The Balaban J connectivity index is 2.02. The Morgan fingerprint density at radius 2 is 1.89 bits per heavy atom. The van der Waals surface area contributed by atoms with Gasteiger partial charge < -0.3 is 4.74 Å². The van der Waals surface area contributed by atoms with Gasteiger partial charge in [-0.3, -0.25) is 4.79 Å². The average molecular weight is 326 g/mol. The van der Waals surface area contributed by atoms with Crippen LogP contribution in [0.4, 0.5) is 0 Å². The number of benzene rings is 2. The molecule has 0 bridgehead atoms. The third-order valence-electron chi connectivity index (χ3n) is 2.35. The minimum Gasteiger partial charge on any atom is -0.485 e. The number of ether oxygens (including phenoxy) is 1. The van der Waals surface area contributed by atoms with Gasteiger partial charge in [-0.15, -0.1) is 0 Å². The predicted molar refractivity (Wildman–Crippen MR) is 75.4 cm³/mol. The maximum Gasteiger partial charge on any atom is 0.200 e. The Labute approximate surface area is 119 Å². The molecule has 92 valence electrons. The first-order valence-electron chi connectivity index (χ1n) is 5.33. The van der Waals surface area contributed by atoms with E-state index in [9.17, 15) is 4.79 Å². The molecule has 2 aromatic rings. The molecule has 0 saturated carbocycles. The zero-order chi connectivity index (χ0) is 13.0. The van der Waals surface area contributed by atoms with Gasteiger partial charge in [-0.25, -0.2) is 0 Å². The molecular formula is C14H10BrClO2. The molecule has 0 N–H and O–H groups in total. The topological polar surface area (TPSA) is 26.3 Å². The van der Waals surface area contributed by atoms with Gasteiger partial charge in [0.15, 0.2) is 12.4 Å². The second-order valence-electron chi connectivity index (χ2n) is 3.65. The first kappa shape index (κ1) is 13.1. The van der Waals surface area contributed by atoms with E-state index in [1.165, 1.54) is 0 Å². The first-order chi connectivity index (χ1) is 8.66. The molecule has 0 aliphatic rings. The van der Waals surface area contributed by atoms with Crippen LogP contribution in [0.3, 0.4) is 0 Å². The van der Waals surface area contributed by atoms with Crippen molar-refractivity contribution in [2.45, 2.75) is 0 Å². The molecule has 4 heteroatoms. The van der Waals surface area contributed by atoms with Crippen LogP contribution in [-0.2, 0) is 0 Å². The minimum absolute atomic E-state index is 0.00196. The van der Waals surface area contributed by atoms with E-state index in [2.05, 4.69) is 15.9 Å². The largest absolute Gasteiger partial charge is 0.485 e. The van der Waals surface area contributed by atoms with Gasteiger partial charge in [-0.2, -0.15) is 0 Å². The highest BCUT2D eigenvalue weighted by Crippen LogP contribution is 2.23. The highest BCUT2D eigenvalue weighted by atomic mass is 79.9. The average Bonchev–Trinajstić information content (AvgIpc) is 2.40. The van der Waals surface area contributed by atoms with Crippen molar-refractivity contribution in [2.24, 2.45) is 0 Å². The minimum atomic E-state index is -0.103. The molecule has 0 spiro atoms. The molecule has 0 saturated heterocycles. The highest BCUT2D eigenvalue weighted by Gasteiger charge is 2.08. The van der Waals surface area contributed by atoms with Gasteiger partial charge in [-0.1, -0.05) is 35.9 Å². The van der Waals surface area contributed by atoms with Crippen LogP contribution >= 0.6 is 27.5 Å². The second-order valence-corrected chi connectivity index (χ2v) is 4.92. The Morgan fingerprint density at radius 3 is 2.56 bits per heavy atom. The SMILES string of the molecule is O=C(COc1ccccc1)c1ccc(Br)c(Cl)c1. The molecule has 0 atom stereocenters. The van der Waals surface area contributed by atoms with Crippen molar-refractivity contribution >= 4 is 33.3 Å². The van der Waals surface area contributed by atoms with Crippen LogP contribution in [-0.4, -0.2) is 12.4 Å². The Kier molecular flexibility index (Phi) is 4.39. The molecule has 0 unspecified atom stereocenters. The van der Waals surface area contributed by atoms with E-state index in [0.717, 1.165) is 4.47 Å². The fraction of sp³-hybridized carbons (Fsp3) is 0.0714. The third kappa shape index (κ3) is 3.34. The summed E-state index contributed by atoms with van der Waals surface area (Å²) < 4.78 is 6.16. The number of halogens is 2. The molecule has 0 heterocycles. The number of carbonyl (C=O) groups excluding carboxylic acids is 1. The molecule has 0 amide bonds. The van der Waals surface area contributed by atoms with E-state index in [1.807, 2.05) is 30.3 Å². The number of hydrogen-bond acceptors (Lipinski definition) is 2.